The fourth-order valence-corrected chi connectivity index (χ4v) is 2.90. The lowest BCUT2D eigenvalue weighted by atomic mass is 10.4. The monoisotopic (exact) mass is 314 g/mol. The molecule has 0 unspecified atom stereocenters. The van der Waals surface area contributed by atoms with Crippen LogP contribution in [0.3, 0.4) is 0 Å². The minimum absolute atomic E-state index is 0.0186. The Labute approximate surface area is 111 Å². The summed E-state index contributed by atoms with van der Waals surface area (Å²) >= 11 is 4.78. The largest absolute Gasteiger partial charge is 0.333 e. The first kappa shape index (κ1) is 12.3. The highest BCUT2D eigenvalue weighted by molar-refractivity contribution is 9.10. The molecule has 0 fully saturated rings. The molecule has 0 bridgehead atoms. The second-order valence-corrected chi connectivity index (χ2v) is 5.33. The van der Waals surface area contributed by atoms with Gasteiger partial charge < -0.3 is 4.90 Å². The molecule has 0 aliphatic carbocycles. The highest BCUT2D eigenvalue weighted by Crippen LogP contribution is 2.24. The summed E-state index contributed by atoms with van der Waals surface area (Å²) < 4.78 is 2.49. The van der Waals surface area contributed by atoms with Crippen LogP contribution in [0.25, 0.3) is 0 Å². The third-order valence-corrected chi connectivity index (χ3v) is 4.17. The smallest absolute Gasteiger partial charge is 0.265 e. The van der Waals surface area contributed by atoms with Crippen molar-refractivity contribution >= 4 is 33.2 Å². The van der Waals surface area contributed by atoms with Gasteiger partial charge in [0.2, 0.25) is 0 Å². The maximum absolute atomic E-state index is 12.1. The van der Waals surface area contributed by atoms with E-state index in [0.717, 1.165) is 10.3 Å². The summed E-state index contributed by atoms with van der Waals surface area (Å²) in [5.74, 6) is 0.739. The molecule has 0 aliphatic heterocycles. The van der Waals surface area contributed by atoms with Crippen molar-refractivity contribution in [1.82, 2.24) is 19.7 Å². The third-order valence-electron chi connectivity index (χ3n) is 2.34. The normalized spacial score (nSPS) is 10.5. The minimum atomic E-state index is -0.0186. The van der Waals surface area contributed by atoms with E-state index in [9.17, 15) is 4.79 Å². The Morgan fingerprint density at radius 2 is 2.41 bits per heavy atom. The van der Waals surface area contributed by atoms with E-state index in [2.05, 4.69) is 26.0 Å². The minimum Gasteiger partial charge on any atom is -0.333 e. The van der Waals surface area contributed by atoms with Crippen molar-refractivity contribution in [3.8, 4) is 0 Å². The van der Waals surface area contributed by atoms with E-state index >= 15 is 0 Å². The molecular weight excluding hydrogens is 304 g/mol. The van der Waals surface area contributed by atoms with Gasteiger partial charge in [-0.25, -0.2) is 4.98 Å². The van der Waals surface area contributed by atoms with E-state index in [0.29, 0.717) is 11.4 Å². The molecule has 2 rings (SSSR count). The number of amides is 1. The molecule has 0 saturated heterocycles. The zero-order valence-electron chi connectivity index (χ0n) is 9.42. The third kappa shape index (κ3) is 2.55. The number of hydrogen-bond acceptors (Lipinski definition) is 4. The molecule has 0 spiro atoms. The lowest BCUT2D eigenvalue weighted by Crippen LogP contribution is -2.27. The molecule has 1 amide bonds. The van der Waals surface area contributed by atoms with Crippen LogP contribution < -0.4 is 0 Å². The Balaban J connectivity index is 2.11. The number of thiophene rings is 1. The van der Waals surface area contributed by atoms with Crippen molar-refractivity contribution in [3.05, 3.63) is 32.9 Å². The molecule has 0 saturated carbocycles. The predicted molar refractivity (Wildman–Crippen MR) is 68.8 cm³/mol. The van der Waals surface area contributed by atoms with Gasteiger partial charge in [-0.15, -0.1) is 11.3 Å². The van der Waals surface area contributed by atoms with E-state index in [1.54, 1.807) is 16.6 Å². The van der Waals surface area contributed by atoms with Gasteiger partial charge in [0.05, 0.1) is 6.54 Å². The quantitative estimate of drug-likeness (QED) is 0.869. The molecule has 0 aromatic carbocycles. The number of rotatable bonds is 3. The molecule has 90 valence electrons. The van der Waals surface area contributed by atoms with Crippen LogP contribution >= 0.6 is 27.3 Å². The van der Waals surface area contributed by atoms with Crippen molar-refractivity contribution < 1.29 is 4.79 Å². The number of carbonyl (C=O) groups excluding carboxylic acids is 1. The van der Waals surface area contributed by atoms with Crippen LogP contribution in [0.2, 0.25) is 0 Å². The maximum atomic E-state index is 12.1. The number of carbonyl (C=O) groups is 1. The molecule has 7 heteroatoms. The average Bonchev–Trinajstić information content (AvgIpc) is 2.88. The van der Waals surface area contributed by atoms with E-state index in [1.165, 1.54) is 17.7 Å². The highest BCUT2D eigenvalue weighted by Gasteiger charge is 2.17. The molecule has 2 aromatic rings. The van der Waals surface area contributed by atoms with Gasteiger partial charge in [0.1, 0.15) is 17.0 Å². The van der Waals surface area contributed by atoms with Crippen molar-refractivity contribution in [2.45, 2.75) is 6.54 Å². The lowest BCUT2D eigenvalue weighted by molar-refractivity contribution is 0.0784. The second kappa shape index (κ2) is 4.97. The summed E-state index contributed by atoms with van der Waals surface area (Å²) in [5, 5.41) is 5.85. The Morgan fingerprint density at radius 3 is 2.94 bits per heavy atom. The van der Waals surface area contributed by atoms with Crippen LogP contribution in [0.1, 0.15) is 15.5 Å². The van der Waals surface area contributed by atoms with E-state index in [-0.39, 0.29) is 5.91 Å². The van der Waals surface area contributed by atoms with Gasteiger partial charge in [-0.3, -0.25) is 9.48 Å². The van der Waals surface area contributed by atoms with Gasteiger partial charge >= 0.3 is 0 Å². The first-order valence-corrected chi connectivity index (χ1v) is 6.58. The Hall–Kier alpha value is -1.21. The number of nitrogens with zero attached hydrogens (tertiary/aromatic N) is 4. The van der Waals surface area contributed by atoms with Crippen LogP contribution in [-0.4, -0.2) is 32.6 Å². The fraction of sp³-hybridized carbons (Fsp3) is 0.300. The summed E-state index contributed by atoms with van der Waals surface area (Å²) in [6, 6.07) is 1.87. The van der Waals surface area contributed by atoms with Crippen LogP contribution in [0.4, 0.5) is 0 Å². The molecule has 2 heterocycles. The molecule has 17 heavy (non-hydrogen) atoms. The van der Waals surface area contributed by atoms with E-state index < -0.39 is 0 Å². The van der Waals surface area contributed by atoms with Gasteiger partial charge in [0.25, 0.3) is 5.91 Å². The van der Waals surface area contributed by atoms with Gasteiger partial charge in [-0.05, 0) is 27.4 Å². The van der Waals surface area contributed by atoms with Crippen molar-refractivity contribution in [3.63, 3.8) is 0 Å². The summed E-state index contributed by atoms with van der Waals surface area (Å²) in [6.45, 7) is 0.444. The number of hydrogen-bond donors (Lipinski definition) is 0. The molecule has 5 nitrogen and oxygen atoms in total. The van der Waals surface area contributed by atoms with Crippen molar-refractivity contribution in [1.29, 1.82) is 0 Å². The van der Waals surface area contributed by atoms with Gasteiger partial charge in [0.15, 0.2) is 0 Å². The van der Waals surface area contributed by atoms with Crippen molar-refractivity contribution in [2.75, 3.05) is 7.05 Å². The molecule has 0 radical (unpaired) electrons. The molecular formula is C10H11BrN4OS. The van der Waals surface area contributed by atoms with Gasteiger partial charge in [-0.2, -0.15) is 5.10 Å². The zero-order valence-corrected chi connectivity index (χ0v) is 11.8. The fourth-order valence-electron chi connectivity index (χ4n) is 1.37. The first-order valence-electron chi connectivity index (χ1n) is 4.91. The number of aromatic nitrogens is 3. The Kier molecular flexibility index (Phi) is 3.58. The topological polar surface area (TPSA) is 51.0 Å². The second-order valence-electron chi connectivity index (χ2n) is 3.56. The van der Waals surface area contributed by atoms with Crippen molar-refractivity contribution in [2.24, 2.45) is 7.05 Å². The van der Waals surface area contributed by atoms with E-state index in [4.69, 9.17) is 0 Å². The molecule has 0 atom stereocenters. The summed E-state index contributed by atoms with van der Waals surface area (Å²) in [4.78, 5) is 18.5. The lowest BCUT2D eigenvalue weighted by Gasteiger charge is -2.15. The van der Waals surface area contributed by atoms with Crippen LogP contribution in [0.5, 0.6) is 0 Å². The predicted octanol–water partition coefficient (Wildman–Crippen LogP) is 1.91. The SMILES string of the molecule is CN(Cc1ncnn1C)C(=O)c1sccc1Br. The Morgan fingerprint density at radius 1 is 1.65 bits per heavy atom. The summed E-state index contributed by atoms with van der Waals surface area (Å²) in [7, 11) is 3.56. The average molecular weight is 315 g/mol. The number of aryl methyl sites for hydroxylation is 1. The molecule has 2 aromatic heterocycles. The standard InChI is InChI=1S/C10H11BrN4OS/c1-14(5-8-12-6-13-15(8)2)10(16)9-7(11)3-4-17-9/h3-4,6H,5H2,1-2H3. The van der Waals surface area contributed by atoms with Gasteiger partial charge in [-0.1, -0.05) is 0 Å². The maximum Gasteiger partial charge on any atom is 0.265 e. The van der Waals surface area contributed by atoms with Crippen LogP contribution in [0, 0.1) is 0 Å². The van der Waals surface area contributed by atoms with Crippen LogP contribution in [-0.2, 0) is 13.6 Å². The Bertz CT molecular complexity index is 536. The van der Waals surface area contributed by atoms with E-state index in [1.807, 2.05) is 18.5 Å². The first-order chi connectivity index (χ1) is 8.09. The molecule has 0 aliphatic rings. The zero-order chi connectivity index (χ0) is 12.4. The van der Waals surface area contributed by atoms with Crippen LogP contribution in [0.15, 0.2) is 22.2 Å². The molecule has 0 N–H and O–H groups in total. The highest BCUT2D eigenvalue weighted by atomic mass is 79.9. The number of halogens is 1. The summed E-state index contributed by atoms with van der Waals surface area (Å²) in [6.07, 6.45) is 1.48. The van der Waals surface area contributed by atoms with Gasteiger partial charge in [0, 0.05) is 18.6 Å². The summed E-state index contributed by atoms with van der Waals surface area (Å²) in [5.41, 5.74) is 0.